The summed E-state index contributed by atoms with van der Waals surface area (Å²) in [6.07, 6.45) is 1.31. The van der Waals surface area contributed by atoms with Crippen molar-refractivity contribution < 1.29 is 8.78 Å². The lowest BCUT2D eigenvalue weighted by Gasteiger charge is -2.06. The Morgan fingerprint density at radius 3 is 2.84 bits per heavy atom. The van der Waals surface area contributed by atoms with Crippen LogP contribution in [0.25, 0.3) is 17.0 Å². The molecule has 0 radical (unpaired) electrons. The van der Waals surface area contributed by atoms with Crippen LogP contribution in [0.1, 0.15) is 5.56 Å². The maximum atomic E-state index is 13.8. The van der Waals surface area contributed by atoms with E-state index in [2.05, 4.69) is 15.1 Å². The zero-order chi connectivity index (χ0) is 13.6. The van der Waals surface area contributed by atoms with Gasteiger partial charge in [-0.15, -0.1) is 0 Å². The number of benzene rings is 1. The first-order valence-corrected chi connectivity index (χ1v) is 5.46. The molecule has 2 heterocycles. The Kier molecular flexibility index (Phi) is 2.41. The summed E-state index contributed by atoms with van der Waals surface area (Å²) in [5, 5.41) is 2.61. The van der Waals surface area contributed by atoms with Gasteiger partial charge >= 0.3 is 0 Å². The Hall–Kier alpha value is -2.57. The molecule has 0 saturated carbocycles. The molecular weight excluding hydrogens is 254 g/mol. The fourth-order valence-corrected chi connectivity index (χ4v) is 1.88. The molecule has 19 heavy (non-hydrogen) atoms. The fraction of sp³-hybridized carbons (Fsp3) is 0.0833. The standard InChI is InChI=1S/C12H8F2N4O/c1-6-10(8-3-2-7(13)4-9(8)14)17-12-15-5-16-18(12)11(6)19/h2-5H,1H3,(H,15,16,17). The molecule has 3 rings (SSSR count). The number of halogens is 2. The molecule has 1 aromatic carbocycles. The monoisotopic (exact) mass is 262 g/mol. The second-order valence-electron chi connectivity index (χ2n) is 4.04. The van der Waals surface area contributed by atoms with Crippen molar-refractivity contribution in [3.63, 3.8) is 0 Å². The largest absolute Gasteiger partial charge is 0.278 e. The van der Waals surface area contributed by atoms with E-state index >= 15 is 0 Å². The molecule has 3 aromatic rings. The van der Waals surface area contributed by atoms with Crippen LogP contribution in [0.4, 0.5) is 8.78 Å². The van der Waals surface area contributed by atoms with Gasteiger partial charge in [0.25, 0.3) is 11.3 Å². The Morgan fingerprint density at radius 1 is 1.32 bits per heavy atom. The van der Waals surface area contributed by atoms with E-state index in [0.29, 0.717) is 0 Å². The number of hydrogen-bond donors (Lipinski definition) is 1. The normalized spacial score (nSPS) is 11.1. The number of aromatic amines is 1. The van der Waals surface area contributed by atoms with Gasteiger partial charge in [0.1, 0.15) is 18.0 Å². The van der Waals surface area contributed by atoms with Crippen LogP contribution in [0.5, 0.6) is 0 Å². The van der Waals surface area contributed by atoms with E-state index in [1.807, 2.05) is 0 Å². The molecule has 0 atom stereocenters. The predicted octanol–water partition coefficient (Wildman–Crippen LogP) is 1.67. The minimum Gasteiger partial charge on any atom is -0.278 e. The Balaban J connectivity index is 2.36. The molecule has 96 valence electrons. The van der Waals surface area contributed by atoms with Crippen LogP contribution < -0.4 is 5.56 Å². The van der Waals surface area contributed by atoms with Crippen molar-refractivity contribution in [1.82, 2.24) is 19.6 Å². The fourth-order valence-electron chi connectivity index (χ4n) is 1.88. The number of fused-ring (bicyclic) bond motifs is 1. The van der Waals surface area contributed by atoms with Crippen LogP contribution in [0.2, 0.25) is 0 Å². The molecule has 0 amide bonds. The van der Waals surface area contributed by atoms with Crippen LogP contribution in [0.3, 0.4) is 0 Å². The highest BCUT2D eigenvalue weighted by Crippen LogP contribution is 2.23. The first-order valence-electron chi connectivity index (χ1n) is 5.46. The average molecular weight is 262 g/mol. The summed E-state index contributed by atoms with van der Waals surface area (Å²) in [7, 11) is 0. The van der Waals surface area contributed by atoms with Crippen molar-refractivity contribution in [3.05, 3.63) is 52.1 Å². The molecule has 2 aromatic heterocycles. The first kappa shape index (κ1) is 11.5. The molecule has 0 saturated heterocycles. The van der Waals surface area contributed by atoms with E-state index in [1.165, 1.54) is 19.3 Å². The van der Waals surface area contributed by atoms with Crippen molar-refractivity contribution in [2.24, 2.45) is 0 Å². The van der Waals surface area contributed by atoms with Crippen LogP contribution in [-0.2, 0) is 0 Å². The summed E-state index contributed by atoms with van der Waals surface area (Å²) >= 11 is 0. The van der Waals surface area contributed by atoms with Crippen molar-refractivity contribution >= 4 is 5.78 Å². The molecule has 0 unspecified atom stereocenters. The maximum Gasteiger partial charge on any atom is 0.277 e. The van der Waals surface area contributed by atoms with Gasteiger partial charge in [-0.05, 0) is 19.1 Å². The number of rotatable bonds is 1. The topological polar surface area (TPSA) is 63.1 Å². The number of aromatic nitrogens is 4. The Labute approximate surface area is 105 Å². The van der Waals surface area contributed by atoms with Gasteiger partial charge in [-0.3, -0.25) is 9.89 Å². The Morgan fingerprint density at radius 2 is 2.11 bits per heavy atom. The Bertz CT molecular complexity index is 837. The molecule has 7 heteroatoms. The van der Waals surface area contributed by atoms with Gasteiger partial charge in [-0.2, -0.15) is 4.52 Å². The number of H-pyrrole nitrogens is 1. The van der Waals surface area contributed by atoms with E-state index in [0.717, 1.165) is 16.6 Å². The quantitative estimate of drug-likeness (QED) is 0.725. The van der Waals surface area contributed by atoms with E-state index < -0.39 is 11.6 Å². The lowest BCUT2D eigenvalue weighted by atomic mass is 10.1. The van der Waals surface area contributed by atoms with E-state index in [1.54, 1.807) is 0 Å². The minimum absolute atomic E-state index is 0.0708. The van der Waals surface area contributed by atoms with E-state index in [-0.39, 0.29) is 28.2 Å². The summed E-state index contributed by atoms with van der Waals surface area (Å²) < 4.78 is 27.8. The highest BCUT2D eigenvalue weighted by Gasteiger charge is 2.15. The highest BCUT2D eigenvalue weighted by molar-refractivity contribution is 5.64. The highest BCUT2D eigenvalue weighted by atomic mass is 19.1. The van der Waals surface area contributed by atoms with Gasteiger partial charge in [0.15, 0.2) is 0 Å². The first-order chi connectivity index (χ1) is 9.08. The molecule has 1 N–H and O–H groups in total. The smallest absolute Gasteiger partial charge is 0.277 e. The van der Waals surface area contributed by atoms with Crippen molar-refractivity contribution in [2.75, 3.05) is 0 Å². The SMILES string of the molecule is Cc1c(-c2ccc(F)cc2F)nc2nc[nH]n2c1=O. The lowest BCUT2D eigenvalue weighted by molar-refractivity contribution is 0.585. The second kappa shape index (κ2) is 3.98. The van der Waals surface area contributed by atoms with Gasteiger partial charge in [0, 0.05) is 17.2 Å². The van der Waals surface area contributed by atoms with Gasteiger partial charge in [0.2, 0.25) is 0 Å². The summed E-state index contributed by atoms with van der Waals surface area (Å²) in [6, 6.07) is 3.12. The third kappa shape index (κ3) is 1.70. The summed E-state index contributed by atoms with van der Waals surface area (Å²) in [4.78, 5) is 20.0. The average Bonchev–Trinajstić information content (AvgIpc) is 2.83. The third-order valence-electron chi connectivity index (χ3n) is 2.84. The van der Waals surface area contributed by atoms with Crippen LogP contribution in [0.15, 0.2) is 29.3 Å². The zero-order valence-corrected chi connectivity index (χ0v) is 9.82. The molecule has 0 aliphatic rings. The minimum atomic E-state index is -0.769. The van der Waals surface area contributed by atoms with Crippen LogP contribution in [-0.4, -0.2) is 19.6 Å². The predicted molar refractivity (Wildman–Crippen MR) is 63.7 cm³/mol. The summed E-state index contributed by atoms with van der Waals surface area (Å²) in [5.74, 6) is -1.32. The number of nitrogens with zero attached hydrogens (tertiary/aromatic N) is 3. The molecule has 0 aliphatic carbocycles. The van der Waals surface area contributed by atoms with E-state index in [9.17, 15) is 13.6 Å². The molecular formula is C12H8F2N4O. The van der Waals surface area contributed by atoms with Crippen molar-refractivity contribution in [1.29, 1.82) is 0 Å². The number of nitrogens with one attached hydrogen (secondary N) is 1. The third-order valence-corrected chi connectivity index (χ3v) is 2.84. The van der Waals surface area contributed by atoms with Crippen LogP contribution in [0, 0.1) is 18.6 Å². The van der Waals surface area contributed by atoms with Gasteiger partial charge < -0.3 is 0 Å². The van der Waals surface area contributed by atoms with Crippen molar-refractivity contribution in [3.8, 4) is 11.3 Å². The van der Waals surface area contributed by atoms with Crippen LogP contribution >= 0.6 is 0 Å². The molecule has 0 spiro atoms. The summed E-state index contributed by atoms with van der Waals surface area (Å²) in [5.41, 5.74) is 0.115. The van der Waals surface area contributed by atoms with Gasteiger partial charge in [-0.1, -0.05) is 0 Å². The second-order valence-corrected chi connectivity index (χ2v) is 4.04. The molecule has 0 aliphatic heterocycles. The molecule has 0 fully saturated rings. The molecule has 5 nitrogen and oxygen atoms in total. The zero-order valence-electron chi connectivity index (χ0n) is 9.82. The van der Waals surface area contributed by atoms with E-state index in [4.69, 9.17) is 0 Å². The van der Waals surface area contributed by atoms with Gasteiger partial charge in [0.05, 0.1) is 5.69 Å². The van der Waals surface area contributed by atoms with Crippen molar-refractivity contribution in [2.45, 2.75) is 6.92 Å². The maximum absolute atomic E-state index is 13.8. The summed E-state index contributed by atoms with van der Waals surface area (Å²) in [6.45, 7) is 1.53. The number of hydrogen-bond acceptors (Lipinski definition) is 3. The van der Waals surface area contributed by atoms with Gasteiger partial charge in [-0.25, -0.2) is 18.7 Å². The molecule has 0 bridgehead atoms. The lowest BCUT2D eigenvalue weighted by Crippen LogP contribution is -2.19.